The number of hydrogen-bond donors (Lipinski definition) is 3. The van der Waals surface area contributed by atoms with E-state index in [0.717, 1.165) is 43.6 Å². The molecule has 0 amide bonds. The van der Waals surface area contributed by atoms with Crippen LogP contribution in [0.4, 0.5) is 0 Å². The summed E-state index contributed by atoms with van der Waals surface area (Å²) in [5.74, 6) is 0. The van der Waals surface area contributed by atoms with Crippen molar-refractivity contribution in [3.05, 3.63) is 84.5 Å². The first kappa shape index (κ1) is 24.6. The van der Waals surface area contributed by atoms with Crippen LogP contribution >= 0.6 is 0 Å². The lowest BCUT2D eigenvalue weighted by atomic mass is 9.83. The zero-order valence-electron chi connectivity index (χ0n) is 21.2. The molecule has 4 aliphatic rings. The summed E-state index contributed by atoms with van der Waals surface area (Å²) in [4.78, 5) is 19.3. The molecular formula is C29H36N6O2. The van der Waals surface area contributed by atoms with E-state index in [1.54, 1.807) is 37.2 Å². The average molecular weight is 501 g/mol. The zero-order chi connectivity index (χ0) is 25.3. The van der Waals surface area contributed by atoms with Gasteiger partial charge in [-0.15, -0.1) is 0 Å². The van der Waals surface area contributed by atoms with E-state index in [2.05, 4.69) is 60.5 Å². The second-order valence-corrected chi connectivity index (χ2v) is 11.2. The van der Waals surface area contributed by atoms with E-state index < -0.39 is 11.2 Å². The molecule has 4 atom stereocenters. The minimum absolute atomic E-state index is 0.436. The molecule has 3 N–H and O–H groups in total. The molecule has 194 valence electrons. The van der Waals surface area contributed by atoms with E-state index >= 15 is 0 Å². The van der Waals surface area contributed by atoms with E-state index in [9.17, 15) is 10.2 Å². The first-order valence-corrected chi connectivity index (χ1v) is 13.5. The maximum absolute atomic E-state index is 11.1. The van der Waals surface area contributed by atoms with E-state index in [-0.39, 0.29) is 0 Å². The summed E-state index contributed by atoms with van der Waals surface area (Å²) in [6.07, 6.45) is 17.8. The maximum Gasteiger partial charge on any atom is 0.111 e. The highest BCUT2D eigenvalue weighted by atomic mass is 16.3. The van der Waals surface area contributed by atoms with Gasteiger partial charge in [-0.3, -0.25) is 24.8 Å². The van der Waals surface area contributed by atoms with Gasteiger partial charge in [-0.1, -0.05) is 30.3 Å². The third kappa shape index (κ3) is 5.16. The minimum Gasteiger partial charge on any atom is -0.383 e. The smallest absolute Gasteiger partial charge is 0.111 e. The maximum atomic E-state index is 11.1. The molecule has 3 aromatic rings. The van der Waals surface area contributed by atoms with E-state index in [4.69, 9.17) is 0 Å². The first-order valence-electron chi connectivity index (χ1n) is 13.5. The largest absolute Gasteiger partial charge is 0.383 e. The quantitative estimate of drug-likeness (QED) is 0.502. The Balaban J connectivity index is 0.000000146. The summed E-state index contributed by atoms with van der Waals surface area (Å²) in [5.41, 5.74) is 1.23. The van der Waals surface area contributed by atoms with Crippen LogP contribution < -0.4 is 5.32 Å². The molecule has 4 saturated heterocycles. The van der Waals surface area contributed by atoms with Crippen LogP contribution in [0.15, 0.2) is 67.5 Å². The lowest BCUT2D eigenvalue weighted by Gasteiger charge is -2.43. The molecule has 7 rings (SSSR count). The SMILES string of the molecule is OC1(c2cnccn2)CC2CCC(C1)N2.OC1(c2cnccn2)CC2CCC(C1)N2Cc1ccccc1. The monoisotopic (exact) mass is 500 g/mol. The number of aliphatic hydroxyl groups is 2. The van der Waals surface area contributed by atoms with E-state index in [1.807, 2.05) is 0 Å². The second kappa shape index (κ2) is 10.2. The van der Waals surface area contributed by atoms with Crippen LogP contribution in [0.25, 0.3) is 0 Å². The zero-order valence-corrected chi connectivity index (χ0v) is 21.2. The van der Waals surface area contributed by atoms with Gasteiger partial charge in [0, 0.05) is 55.5 Å². The average Bonchev–Trinajstić information content (AvgIpc) is 3.40. The predicted molar refractivity (Wildman–Crippen MR) is 139 cm³/mol. The lowest BCUT2D eigenvalue weighted by molar-refractivity contribution is -0.0625. The highest BCUT2D eigenvalue weighted by molar-refractivity contribution is 5.19. The number of rotatable bonds is 4. The summed E-state index contributed by atoms with van der Waals surface area (Å²) in [7, 11) is 0. The number of fused-ring (bicyclic) bond motifs is 4. The van der Waals surface area contributed by atoms with Gasteiger partial charge in [0.2, 0.25) is 0 Å². The summed E-state index contributed by atoms with van der Waals surface area (Å²) in [6.45, 7) is 0.979. The van der Waals surface area contributed by atoms with Crippen molar-refractivity contribution in [2.45, 2.75) is 93.3 Å². The third-order valence-corrected chi connectivity index (χ3v) is 8.71. The Morgan fingerprint density at radius 3 is 1.78 bits per heavy atom. The third-order valence-electron chi connectivity index (χ3n) is 8.71. The topological polar surface area (TPSA) is 107 Å². The highest BCUT2D eigenvalue weighted by Crippen LogP contribution is 2.45. The molecule has 8 nitrogen and oxygen atoms in total. The van der Waals surface area contributed by atoms with Gasteiger partial charge < -0.3 is 15.5 Å². The number of nitrogens with zero attached hydrogens (tertiary/aromatic N) is 5. The molecular weight excluding hydrogens is 464 g/mol. The van der Waals surface area contributed by atoms with E-state index in [0.29, 0.717) is 24.2 Å². The first-order chi connectivity index (χ1) is 18.0. The number of nitrogens with one attached hydrogen (secondary N) is 1. The highest BCUT2D eigenvalue weighted by Gasteiger charge is 2.49. The van der Waals surface area contributed by atoms with Gasteiger partial charge in [0.05, 0.1) is 23.8 Å². The number of benzene rings is 1. The number of piperidine rings is 2. The molecule has 6 heterocycles. The molecule has 4 unspecified atom stereocenters. The Bertz CT molecular complexity index is 1140. The van der Waals surface area contributed by atoms with Gasteiger partial charge in [0.25, 0.3) is 0 Å². The summed E-state index contributed by atoms with van der Waals surface area (Å²) in [6, 6.07) is 12.4. The van der Waals surface area contributed by atoms with Crippen LogP contribution in [-0.2, 0) is 17.7 Å². The van der Waals surface area contributed by atoms with Crippen molar-refractivity contribution in [1.82, 2.24) is 30.2 Å². The lowest BCUT2D eigenvalue weighted by Crippen LogP contribution is -2.49. The Hall–Kier alpha value is -2.78. The fourth-order valence-electron chi connectivity index (χ4n) is 6.99. The van der Waals surface area contributed by atoms with E-state index in [1.165, 1.54) is 31.2 Å². The van der Waals surface area contributed by atoms with Crippen LogP contribution in [0.1, 0.15) is 68.3 Å². The Labute approximate surface area is 218 Å². The van der Waals surface area contributed by atoms with Gasteiger partial charge in [-0.05, 0) is 56.9 Å². The number of aromatic nitrogens is 4. The van der Waals surface area contributed by atoms with Crippen LogP contribution in [0, 0.1) is 0 Å². The molecule has 4 bridgehead atoms. The van der Waals surface area contributed by atoms with Crippen molar-refractivity contribution >= 4 is 0 Å². The molecule has 0 radical (unpaired) electrons. The van der Waals surface area contributed by atoms with Crippen LogP contribution in [-0.4, -0.2) is 59.2 Å². The molecule has 4 fully saturated rings. The molecule has 0 aliphatic carbocycles. The van der Waals surface area contributed by atoms with Crippen LogP contribution in [0.2, 0.25) is 0 Å². The van der Waals surface area contributed by atoms with Crippen LogP contribution in [0.5, 0.6) is 0 Å². The van der Waals surface area contributed by atoms with Crippen molar-refractivity contribution in [2.75, 3.05) is 0 Å². The van der Waals surface area contributed by atoms with Crippen molar-refractivity contribution in [2.24, 2.45) is 0 Å². The van der Waals surface area contributed by atoms with Gasteiger partial charge in [0.15, 0.2) is 0 Å². The van der Waals surface area contributed by atoms with Gasteiger partial charge in [-0.2, -0.15) is 0 Å². The molecule has 0 spiro atoms. The van der Waals surface area contributed by atoms with Crippen molar-refractivity contribution in [3.63, 3.8) is 0 Å². The molecule has 4 aliphatic heterocycles. The van der Waals surface area contributed by atoms with Gasteiger partial charge in [-0.25, -0.2) is 0 Å². The minimum atomic E-state index is -0.812. The fourth-order valence-corrected chi connectivity index (χ4v) is 6.99. The predicted octanol–water partition coefficient (Wildman–Crippen LogP) is 3.07. The normalized spacial score (nSPS) is 34.5. The van der Waals surface area contributed by atoms with Crippen LogP contribution in [0.3, 0.4) is 0 Å². The molecule has 37 heavy (non-hydrogen) atoms. The molecule has 2 aromatic heterocycles. The summed E-state index contributed by atoms with van der Waals surface area (Å²) < 4.78 is 0. The standard InChI is InChI=1S/C18H21N3O.C11H15N3O/c22-18(17-12-19-8-9-20-17)10-15-6-7-16(11-18)21(15)13-14-4-2-1-3-5-14;15-11(10-7-12-3-4-13-10)5-8-1-2-9(6-11)14-8/h1-5,8-9,12,15-16,22H,6-7,10-11,13H2;3-4,7-9,14-15H,1-2,5-6H2. The Morgan fingerprint density at radius 1 is 0.730 bits per heavy atom. The van der Waals surface area contributed by atoms with Crippen molar-refractivity contribution in [3.8, 4) is 0 Å². The van der Waals surface area contributed by atoms with Gasteiger partial charge >= 0.3 is 0 Å². The van der Waals surface area contributed by atoms with Crippen molar-refractivity contribution < 1.29 is 10.2 Å². The second-order valence-electron chi connectivity index (χ2n) is 11.2. The summed E-state index contributed by atoms with van der Waals surface area (Å²) >= 11 is 0. The van der Waals surface area contributed by atoms with Crippen molar-refractivity contribution in [1.29, 1.82) is 0 Å². The Kier molecular flexibility index (Phi) is 6.75. The molecule has 0 saturated carbocycles. The fraction of sp³-hybridized carbons (Fsp3) is 0.517. The molecule has 1 aromatic carbocycles. The Morgan fingerprint density at radius 2 is 1.27 bits per heavy atom. The van der Waals surface area contributed by atoms with Gasteiger partial charge in [0.1, 0.15) is 11.2 Å². The molecule has 8 heteroatoms. The summed E-state index contributed by atoms with van der Waals surface area (Å²) in [5, 5.41) is 25.2. The number of hydrogen-bond acceptors (Lipinski definition) is 8.